The van der Waals surface area contributed by atoms with Crippen LogP contribution in [0.2, 0.25) is 0 Å². The molecule has 0 amide bonds. The minimum absolute atomic E-state index is 0.0164. The Balaban J connectivity index is 1.52. The number of anilines is 1. The number of nitrogens with one attached hydrogen (secondary N) is 2. The standard InChI is InChI=1S/C24H18N4O4/c1-2-31-24(30)20-21(29)19(12-15-13-27-22-17(15)6-4-10-26-22)32-23(20)28-16-7-8-18-14(11-16)5-3-9-25-18/h3-13,28H,2H2,1H3,(H,26,27). The Morgan fingerprint density at radius 2 is 2.03 bits per heavy atom. The summed E-state index contributed by atoms with van der Waals surface area (Å²) in [7, 11) is 0. The summed E-state index contributed by atoms with van der Waals surface area (Å²) in [4.78, 5) is 37.2. The number of ether oxygens (including phenoxy) is 2. The Kier molecular flexibility index (Phi) is 4.87. The summed E-state index contributed by atoms with van der Waals surface area (Å²) in [6.07, 6.45) is 6.70. The molecule has 1 aliphatic rings. The number of hydrogen-bond acceptors (Lipinski definition) is 7. The van der Waals surface area contributed by atoms with Gasteiger partial charge in [-0.1, -0.05) is 6.07 Å². The third-order valence-corrected chi connectivity index (χ3v) is 5.00. The second kappa shape index (κ2) is 7.99. The van der Waals surface area contributed by atoms with Crippen LogP contribution in [-0.4, -0.2) is 33.3 Å². The quantitative estimate of drug-likeness (QED) is 0.283. The number of H-pyrrole nitrogens is 1. The number of esters is 1. The molecule has 2 N–H and O–H groups in total. The number of rotatable bonds is 5. The van der Waals surface area contributed by atoms with Crippen molar-refractivity contribution < 1.29 is 19.1 Å². The Hall–Kier alpha value is -4.46. The fourth-order valence-corrected chi connectivity index (χ4v) is 3.53. The van der Waals surface area contributed by atoms with Gasteiger partial charge in [0.05, 0.1) is 12.1 Å². The molecule has 0 saturated heterocycles. The molecule has 0 spiro atoms. The molecule has 0 radical (unpaired) electrons. The van der Waals surface area contributed by atoms with Crippen LogP contribution in [0.5, 0.6) is 0 Å². The van der Waals surface area contributed by atoms with Gasteiger partial charge in [0.2, 0.25) is 11.7 Å². The first kappa shape index (κ1) is 19.5. The van der Waals surface area contributed by atoms with Crippen molar-refractivity contribution in [1.29, 1.82) is 0 Å². The van der Waals surface area contributed by atoms with E-state index in [9.17, 15) is 9.59 Å². The van der Waals surface area contributed by atoms with Crippen LogP contribution in [0, 0.1) is 0 Å². The number of pyridine rings is 2. The van der Waals surface area contributed by atoms with Gasteiger partial charge in [0.15, 0.2) is 11.3 Å². The van der Waals surface area contributed by atoms with E-state index in [2.05, 4.69) is 20.3 Å². The first-order valence-electron chi connectivity index (χ1n) is 10.0. The lowest BCUT2D eigenvalue weighted by atomic mass is 10.1. The number of aromatic nitrogens is 3. The van der Waals surface area contributed by atoms with Gasteiger partial charge in [0.1, 0.15) is 5.65 Å². The molecule has 4 heterocycles. The van der Waals surface area contributed by atoms with Crippen LogP contribution >= 0.6 is 0 Å². The number of carbonyl (C=O) groups excluding carboxylic acids is 2. The topological polar surface area (TPSA) is 106 Å². The van der Waals surface area contributed by atoms with E-state index in [-0.39, 0.29) is 23.8 Å². The molecule has 8 heteroatoms. The summed E-state index contributed by atoms with van der Waals surface area (Å²) in [5.41, 5.74) is 2.70. The summed E-state index contributed by atoms with van der Waals surface area (Å²) in [6.45, 7) is 1.82. The van der Waals surface area contributed by atoms with Gasteiger partial charge in [-0.25, -0.2) is 9.78 Å². The van der Waals surface area contributed by atoms with Crippen LogP contribution in [0.3, 0.4) is 0 Å². The Labute approximate surface area is 182 Å². The second-order valence-corrected chi connectivity index (χ2v) is 7.04. The third-order valence-electron chi connectivity index (χ3n) is 5.00. The van der Waals surface area contributed by atoms with Crippen LogP contribution in [0.15, 0.2) is 78.3 Å². The molecule has 0 aliphatic carbocycles. The summed E-state index contributed by atoms with van der Waals surface area (Å²) in [5.74, 6) is -1.25. The molecule has 0 saturated carbocycles. The largest absolute Gasteiger partial charge is 0.462 e. The molecule has 3 aromatic heterocycles. The second-order valence-electron chi connectivity index (χ2n) is 7.04. The first-order valence-corrected chi connectivity index (χ1v) is 10.0. The lowest BCUT2D eigenvalue weighted by Gasteiger charge is -2.09. The molecule has 0 atom stereocenters. The monoisotopic (exact) mass is 426 g/mol. The minimum atomic E-state index is -0.744. The number of carbonyl (C=O) groups is 2. The fraction of sp³-hybridized carbons (Fsp3) is 0.0833. The van der Waals surface area contributed by atoms with Crippen LogP contribution < -0.4 is 5.32 Å². The molecular formula is C24H18N4O4. The molecular weight excluding hydrogens is 408 g/mol. The molecule has 0 unspecified atom stereocenters. The fourth-order valence-electron chi connectivity index (χ4n) is 3.53. The van der Waals surface area contributed by atoms with Gasteiger partial charge in [-0.05, 0) is 49.4 Å². The number of allylic oxidation sites excluding steroid dienone is 1. The van der Waals surface area contributed by atoms with Gasteiger partial charge in [-0.3, -0.25) is 9.78 Å². The van der Waals surface area contributed by atoms with Gasteiger partial charge in [-0.15, -0.1) is 0 Å². The highest BCUT2D eigenvalue weighted by Gasteiger charge is 2.37. The summed E-state index contributed by atoms with van der Waals surface area (Å²) >= 11 is 0. The van der Waals surface area contributed by atoms with Crippen LogP contribution in [0.1, 0.15) is 12.5 Å². The van der Waals surface area contributed by atoms with Crippen LogP contribution in [0.25, 0.3) is 28.0 Å². The predicted molar refractivity (Wildman–Crippen MR) is 119 cm³/mol. The van der Waals surface area contributed by atoms with Crippen LogP contribution in [0.4, 0.5) is 5.69 Å². The van der Waals surface area contributed by atoms with E-state index in [1.54, 1.807) is 43.7 Å². The Bertz CT molecular complexity index is 1430. The molecule has 1 aliphatic heterocycles. The van der Waals surface area contributed by atoms with E-state index in [4.69, 9.17) is 9.47 Å². The normalized spacial score (nSPS) is 14.9. The van der Waals surface area contributed by atoms with E-state index >= 15 is 0 Å². The van der Waals surface area contributed by atoms with E-state index < -0.39 is 11.8 Å². The molecule has 0 fully saturated rings. The number of ketones is 1. The van der Waals surface area contributed by atoms with Crippen molar-refractivity contribution in [2.45, 2.75) is 6.92 Å². The number of fused-ring (bicyclic) bond motifs is 2. The van der Waals surface area contributed by atoms with Crippen LogP contribution in [-0.2, 0) is 19.1 Å². The zero-order valence-electron chi connectivity index (χ0n) is 17.1. The maximum Gasteiger partial charge on any atom is 0.347 e. The number of benzene rings is 1. The molecule has 0 bridgehead atoms. The van der Waals surface area contributed by atoms with Crippen molar-refractivity contribution in [2.24, 2.45) is 0 Å². The lowest BCUT2D eigenvalue weighted by Crippen LogP contribution is -2.16. The van der Waals surface area contributed by atoms with Gasteiger partial charge in [0, 0.05) is 40.6 Å². The van der Waals surface area contributed by atoms with Gasteiger partial charge >= 0.3 is 5.97 Å². The molecule has 5 rings (SSSR count). The number of aromatic amines is 1. The van der Waals surface area contributed by atoms with Crippen molar-refractivity contribution in [3.63, 3.8) is 0 Å². The summed E-state index contributed by atoms with van der Waals surface area (Å²) < 4.78 is 10.9. The summed E-state index contributed by atoms with van der Waals surface area (Å²) in [6, 6.07) is 12.9. The SMILES string of the molecule is CCOC(=O)C1=C(Nc2ccc3ncccc3c2)OC(=Cc2c[nH]c3ncccc23)C1=O. The zero-order valence-corrected chi connectivity index (χ0v) is 17.1. The van der Waals surface area contributed by atoms with E-state index in [0.29, 0.717) is 11.3 Å². The van der Waals surface area contributed by atoms with Crippen molar-refractivity contribution in [3.05, 3.63) is 83.8 Å². The highest BCUT2D eigenvalue weighted by molar-refractivity contribution is 6.26. The molecule has 8 nitrogen and oxygen atoms in total. The number of hydrogen-bond donors (Lipinski definition) is 2. The van der Waals surface area contributed by atoms with E-state index in [1.807, 2.05) is 30.3 Å². The lowest BCUT2D eigenvalue weighted by molar-refractivity contribution is -0.139. The van der Waals surface area contributed by atoms with E-state index in [0.717, 1.165) is 21.9 Å². The predicted octanol–water partition coefficient (Wildman–Crippen LogP) is 3.94. The van der Waals surface area contributed by atoms with E-state index in [1.165, 1.54) is 0 Å². The number of nitrogens with zero attached hydrogens (tertiary/aromatic N) is 2. The van der Waals surface area contributed by atoms with Crippen molar-refractivity contribution in [1.82, 2.24) is 15.0 Å². The molecule has 1 aromatic carbocycles. The average molecular weight is 426 g/mol. The van der Waals surface area contributed by atoms with Crippen molar-refractivity contribution in [2.75, 3.05) is 11.9 Å². The summed E-state index contributed by atoms with van der Waals surface area (Å²) in [5, 5.41) is 4.78. The average Bonchev–Trinajstić information content (AvgIpc) is 3.35. The maximum atomic E-state index is 13.1. The molecule has 158 valence electrons. The van der Waals surface area contributed by atoms with Gasteiger partial charge < -0.3 is 19.8 Å². The molecule has 32 heavy (non-hydrogen) atoms. The minimum Gasteiger partial charge on any atom is -0.462 e. The molecule has 4 aromatic rings. The smallest absolute Gasteiger partial charge is 0.347 e. The third kappa shape index (κ3) is 3.47. The zero-order chi connectivity index (χ0) is 22.1. The first-order chi connectivity index (χ1) is 15.6. The highest BCUT2D eigenvalue weighted by atomic mass is 16.5. The Morgan fingerprint density at radius 3 is 2.91 bits per heavy atom. The van der Waals surface area contributed by atoms with Gasteiger partial charge in [-0.2, -0.15) is 0 Å². The number of Topliss-reactive ketones (excluding diaryl/α,β-unsaturated/α-hetero) is 1. The van der Waals surface area contributed by atoms with Crippen molar-refractivity contribution in [3.8, 4) is 0 Å². The highest BCUT2D eigenvalue weighted by Crippen LogP contribution is 2.30. The Morgan fingerprint density at radius 1 is 1.19 bits per heavy atom. The van der Waals surface area contributed by atoms with Gasteiger partial charge in [0.25, 0.3) is 0 Å². The maximum absolute atomic E-state index is 13.1. The van der Waals surface area contributed by atoms with Crippen molar-refractivity contribution >= 4 is 45.5 Å².